The molecule has 2 aliphatic rings. The summed E-state index contributed by atoms with van der Waals surface area (Å²) in [5.41, 5.74) is 1.72. The molecule has 0 spiro atoms. The summed E-state index contributed by atoms with van der Waals surface area (Å²) in [5.74, 6) is 0.685. The van der Waals surface area contributed by atoms with Crippen LogP contribution < -0.4 is 4.90 Å². The summed E-state index contributed by atoms with van der Waals surface area (Å²) in [4.78, 5) is 22.4. The number of fused-ring (bicyclic) bond motifs is 1. The number of aromatic nitrogens is 3. The second-order valence-corrected chi connectivity index (χ2v) is 9.94. The molecule has 2 fully saturated rings. The van der Waals surface area contributed by atoms with E-state index < -0.39 is 5.82 Å². The lowest BCUT2D eigenvalue weighted by atomic mass is 10.0. The fraction of sp³-hybridized carbons (Fsp3) is 0.276. The monoisotopic (exact) mass is 533 g/mol. The van der Waals surface area contributed by atoms with Crippen LogP contribution in [0.2, 0.25) is 0 Å². The maximum Gasteiger partial charge on any atom is 0.298 e. The van der Waals surface area contributed by atoms with Gasteiger partial charge in [0.2, 0.25) is 0 Å². The van der Waals surface area contributed by atoms with E-state index in [-0.39, 0.29) is 17.7 Å². The van der Waals surface area contributed by atoms with Crippen LogP contribution in [0.5, 0.6) is 0 Å². The number of carbonyl (C=O) groups is 1. The number of anilines is 1. The summed E-state index contributed by atoms with van der Waals surface area (Å²) in [6.07, 6.45) is 7.03. The molecule has 1 N–H and O–H groups in total. The number of benzene rings is 1. The van der Waals surface area contributed by atoms with Gasteiger partial charge in [-0.3, -0.25) is 9.89 Å². The molecule has 0 aliphatic carbocycles. The molecule has 0 saturated carbocycles. The van der Waals surface area contributed by atoms with Gasteiger partial charge < -0.3 is 14.2 Å². The van der Waals surface area contributed by atoms with Crippen molar-refractivity contribution in [3.63, 3.8) is 0 Å². The van der Waals surface area contributed by atoms with Crippen LogP contribution in [0.4, 0.5) is 10.4 Å². The van der Waals surface area contributed by atoms with Crippen LogP contribution in [0, 0.1) is 24.6 Å². The molecule has 3 aromatic rings. The predicted octanol–water partition coefficient (Wildman–Crippen LogP) is 6.00. The van der Waals surface area contributed by atoms with Gasteiger partial charge in [0.1, 0.15) is 17.3 Å². The fourth-order valence-corrected chi connectivity index (χ4v) is 5.32. The van der Waals surface area contributed by atoms with Crippen LogP contribution in [-0.2, 0) is 0 Å². The number of H-pyrrole nitrogens is 1. The van der Waals surface area contributed by atoms with E-state index in [9.17, 15) is 9.18 Å². The highest BCUT2D eigenvalue weighted by atomic mass is 35.5. The lowest BCUT2D eigenvalue weighted by Gasteiger charge is -2.21. The first-order chi connectivity index (χ1) is 18.4. The number of rotatable bonds is 5. The number of oxazole rings is 1. The molecule has 0 bridgehead atoms. The summed E-state index contributed by atoms with van der Waals surface area (Å²) >= 11 is 6.23. The highest BCUT2D eigenvalue weighted by Crippen LogP contribution is 2.36. The molecular weight excluding hydrogens is 505 g/mol. The van der Waals surface area contributed by atoms with Crippen molar-refractivity contribution in [2.75, 3.05) is 31.1 Å². The van der Waals surface area contributed by atoms with Crippen LogP contribution in [-0.4, -0.2) is 52.2 Å². The second-order valence-electron chi connectivity index (χ2n) is 9.50. The standard InChI is InChI=1S/C29H29ClFN5O2/c1-3-9-22(30)14-26-19(2)38-29(33-26)36-17-20-15-35(16-21(20)18-36)28(37)24-11-5-4-8-13-32-34-27(24)23-10-6-7-12-25(23)31/h3-14,20-21,34H,15-18H2,1-2H3/b8-4?,9-3-,11-5?,22-14+,27-24?,32-13?. The highest BCUT2D eigenvalue weighted by molar-refractivity contribution is 6.33. The van der Waals surface area contributed by atoms with Gasteiger partial charge in [-0.2, -0.15) is 10.1 Å². The van der Waals surface area contributed by atoms with Gasteiger partial charge in [-0.25, -0.2) is 4.39 Å². The molecule has 9 heteroatoms. The van der Waals surface area contributed by atoms with E-state index in [4.69, 9.17) is 16.0 Å². The second kappa shape index (κ2) is 11.2. The van der Waals surface area contributed by atoms with Gasteiger partial charge >= 0.3 is 0 Å². The number of nitrogens with one attached hydrogen (secondary N) is 1. The number of hydrogen-bond acceptors (Lipinski definition) is 5. The quantitative estimate of drug-likeness (QED) is 0.407. The minimum absolute atomic E-state index is 0.156. The molecule has 5 rings (SSSR count). The van der Waals surface area contributed by atoms with Gasteiger partial charge in [0.05, 0.1) is 11.3 Å². The van der Waals surface area contributed by atoms with E-state index in [1.165, 1.54) is 6.07 Å². The number of halogens is 2. The van der Waals surface area contributed by atoms with E-state index in [0.29, 0.717) is 52.4 Å². The first kappa shape index (κ1) is 25.7. The summed E-state index contributed by atoms with van der Waals surface area (Å²) in [5, 5.41) is 7.63. The third-order valence-corrected chi connectivity index (χ3v) is 7.17. The molecule has 196 valence electrons. The molecule has 7 nitrogen and oxygen atoms in total. The van der Waals surface area contributed by atoms with Crippen molar-refractivity contribution in [1.29, 1.82) is 0 Å². The Bertz CT molecular complexity index is 1430. The molecule has 1 aromatic carbocycles. The number of amides is 1. The van der Waals surface area contributed by atoms with E-state index in [1.807, 2.05) is 24.8 Å². The van der Waals surface area contributed by atoms with Gasteiger partial charge in [-0.05, 0) is 50.3 Å². The van der Waals surface area contributed by atoms with E-state index in [2.05, 4.69) is 20.1 Å². The molecule has 2 atom stereocenters. The minimum Gasteiger partial charge on any atom is -0.428 e. The van der Waals surface area contributed by atoms with Gasteiger partial charge in [0.15, 0.2) is 0 Å². The topological polar surface area (TPSA) is 78.3 Å². The van der Waals surface area contributed by atoms with Crippen molar-refractivity contribution in [2.24, 2.45) is 11.8 Å². The highest BCUT2D eigenvalue weighted by Gasteiger charge is 2.43. The molecule has 4 heterocycles. The summed E-state index contributed by atoms with van der Waals surface area (Å²) in [7, 11) is 0. The van der Waals surface area contributed by atoms with E-state index in [1.54, 1.807) is 60.8 Å². The van der Waals surface area contributed by atoms with Crippen LogP contribution >= 0.6 is 11.6 Å². The van der Waals surface area contributed by atoms with Crippen LogP contribution in [0.15, 0.2) is 76.3 Å². The normalized spacial score (nSPS) is 19.2. The maximum atomic E-state index is 14.7. The zero-order valence-corrected chi connectivity index (χ0v) is 22.0. The SMILES string of the molecule is C/C=C\C(Cl)=C/c1nc(N2CC3CN(C(=O)c4cccccn[nH]c4-c4ccccc4F)CC3C2)oc1C. The first-order valence-corrected chi connectivity index (χ1v) is 13.0. The van der Waals surface area contributed by atoms with Gasteiger partial charge in [0.25, 0.3) is 11.9 Å². The fourth-order valence-electron chi connectivity index (χ4n) is 5.09. The number of aromatic amines is 1. The molecular formula is C29H29ClFN5O2. The molecule has 0 radical (unpaired) electrons. The Kier molecular flexibility index (Phi) is 7.60. The number of likely N-dealkylation sites (tertiary alicyclic amines) is 1. The lowest BCUT2D eigenvalue weighted by molar-refractivity contribution is 0.0783. The molecule has 2 unspecified atom stereocenters. The van der Waals surface area contributed by atoms with Gasteiger partial charge in [0, 0.05) is 54.8 Å². The number of nitrogens with zero attached hydrogens (tertiary/aromatic N) is 4. The Hall–Kier alpha value is -3.91. The summed E-state index contributed by atoms with van der Waals surface area (Å²) in [6, 6.07) is 14.0. The molecule has 1 amide bonds. The van der Waals surface area contributed by atoms with Crippen molar-refractivity contribution in [2.45, 2.75) is 13.8 Å². The lowest BCUT2D eigenvalue weighted by Crippen LogP contribution is -2.33. The average molecular weight is 534 g/mol. The number of hydrogen-bond donors (Lipinski definition) is 1. The van der Waals surface area contributed by atoms with Crippen molar-refractivity contribution in [1.82, 2.24) is 20.1 Å². The average Bonchev–Trinajstić information content (AvgIpc) is 3.59. The zero-order valence-electron chi connectivity index (χ0n) is 21.3. The van der Waals surface area contributed by atoms with E-state index in [0.717, 1.165) is 13.1 Å². The molecule has 2 saturated heterocycles. The number of allylic oxidation sites excluding steroid dienone is 3. The third-order valence-electron chi connectivity index (χ3n) is 6.93. The molecule has 2 aliphatic heterocycles. The van der Waals surface area contributed by atoms with Gasteiger partial charge in [-0.1, -0.05) is 41.9 Å². The number of carbonyl (C=O) groups excluding carboxylic acids is 1. The van der Waals surface area contributed by atoms with E-state index >= 15 is 0 Å². The Morgan fingerprint density at radius 1 is 1.11 bits per heavy atom. The van der Waals surface area contributed by atoms with Gasteiger partial charge in [-0.15, -0.1) is 0 Å². The minimum atomic E-state index is -0.424. The van der Waals surface area contributed by atoms with Crippen molar-refractivity contribution >= 4 is 29.6 Å². The smallest absolute Gasteiger partial charge is 0.298 e. The van der Waals surface area contributed by atoms with Crippen molar-refractivity contribution in [3.8, 4) is 11.3 Å². The molecule has 38 heavy (non-hydrogen) atoms. The molecule has 2 aromatic heterocycles. The van der Waals surface area contributed by atoms with Crippen LogP contribution in [0.1, 0.15) is 28.7 Å². The predicted molar refractivity (Wildman–Crippen MR) is 147 cm³/mol. The maximum absolute atomic E-state index is 14.7. The largest absolute Gasteiger partial charge is 0.428 e. The number of aryl methyl sites for hydroxylation is 1. The first-order valence-electron chi connectivity index (χ1n) is 12.6. The third kappa shape index (κ3) is 5.36. The Morgan fingerprint density at radius 2 is 1.84 bits per heavy atom. The Morgan fingerprint density at radius 3 is 2.58 bits per heavy atom. The summed E-state index contributed by atoms with van der Waals surface area (Å²) < 4.78 is 20.7. The van der Waals surface area contributed by atoms with Crippen LogP contribution in [0.25, 0.3) is 17.3 Å². The Labute approximate surface area is 226 Å². The van der Waals surface area contributed by atoms with Crippen molar-refractivity contribution < 1.29 is 13.6 Å². The van der Waals surface area contributed by atoms with Crippen molar-refractivity contribution in [3.05, 3.63) is 94.7 Å². The zero-order chi connectivity index (χ0) is 26.6. The summed E-state index contributed by atoms with van der Waals surface area (Å²) in [6.45, 7) is 6.45. The van der Waals surface area contributed by atoms with Crippen LogP contribution in [0.3, 0.4) is 0 Å². The Balaban J connectivity index is 1.35.